The van der Waals surface area contributed by atoms with Crippen molar-refractivity contribution in [3.63, 3.8) is 0 Å². The monoisotopic (exact) mass is 303 g/mol. The Morgan fingerprint density at radius 1 is 1.29 bits per heavy atom. The number of sulfone groups is 1. The van der Waals surface area contributed by atoms with Crippen molar-refractivity contribution >= 4 is 9.84 Å². The molecule has 1 aromatic carbocycles. The topological polar surface area (TPSA) is 75.8 Å². The average molecular weight is 303 g/mol. The molecule has 0 saturated carbocycles. The molecular formula is C15H17N3O2S. The van der Waals surface area contributed by atoms with E-state index in [0.29, 0.717) is 12.1 Å². The van der Waals surface area contributed by atoms with Gasteiger partial charge < -0.3 is 4.57 Å². The molecule has 1 heterocycles. The molecule has 0 radical (unpaired) electrons. The second kappa shape index (κ2) is 6.10. The maximum Gasteiger partial charge on any atom is 0.180 e. The van der Waals surface area contributed by atoms with Crippen LogP contribution in [0.5, 0.6) is 0 Å². The van der Waals surface area contributed by atoms with Crippen LogP contribution in [0.2, 0.25) is 0 Å². The quantitative estimate of drug-likeness (QED) is 0.849. The first kappa shape index (κ1) is 15.3. The molecule has 5 nitrogen and oxygen atoms in total. The Kier molecular flexibility index (Phi) is 4.43. The third kappa shape index (κ3) is 3.50. The molecular weight excluding hydrogens is 286 g/mol. The van der Waals surface area contributed by atoms with Crippen molar-refractivity contribution in [2.45, 2.75) is 31.2 Å². The Morgan fingerprint density at radius 3 is 2.52 bits per heavy atom. The summed E-state index contributed by atoms with van der Waals surface area (Å²) in [5.41, 5.74) is 0.450. The number of benzene rings is 1. The van der Waals surface area contributed by atoms with Crippen LogP contribution in [-0.4, -0.2) is 23.7 Å². The highest BCUT2D eigenvalue weighted by Crippen LogP contribution is 2.15. The molecule has 0 amide bonds. The molecule has 21 heavy (non-hydrogen) atoms. The summed E-state index contributed by atoms with van der Waals surface area (Å²) in [6.07, 6.45) is 3.48. The van der Waals surface area contributed by atoms with E-state index in [1.165, 1.54) is 24.3 Å². The van der Waals surface area contributed by atoms with Crippen LogP contribution in [0.25, 0.3) is 0 Å². The van der Waals surface area contributed by atoms with Gasteiger partial charge in [0.25, 0.3) is 0 Å². The van der Waals surface area contributed by atoms with Crippen LogP contribution in [0.15, 0.2) is 41.6 Å². The van der Waals surface area contributed by atoms with Gasteiger partial charge in [-0.3, -0.25) is 0 Å². The van der Waals surface area contributed by atoms with Crippen molar-refractivity contribution in [2.24, 2.45) is 0 Å². The van der Waals surface area contributed by atoms with Gasteiger partial charge in [0.05, 0.1) is 22.3 Å². The van der Waals surface area contributed by atoms with Gasteiger partial charge in [-0.05, 0) is 24.3 Å². The number of rotatable bonds is 5. The molecule has 0 saturated heterocycles. The van der Waals surface area contributed by atoms with Gasteiger partial charge in [-0.15, -0.1) is 0 Å². The molecule has 0 aliphatic carbocycles. The van der Waals surface area contributed by atoms with E-state index < -0.39 is 9.84 Å². The largest absolute Gasteiger partial charge is 0.334 e. The molecule has 1 aromatic heterocycles. The Bertz CT molecular complexity index is 753. The predicted molar refractivity (Wildman–Crippen MR) is 79.5 cm³/mol. The predicted octanol–water partition coefficient (Wildman–Crippen LogP) is 2.35. The lowest BCUT2D eigenvalue weighted by Gasteiger charge is -2.10. The van der Waals surface area contributed by atoms with Crippen molar-refractivity contribution in [3.8, 4) is 6.07 Å². The van der Waals surface area contributed by atoms with Crippen LogP contribution < -0.4 is 0 Å². The molecule has 0 aliphatic rings. The van der Waals surface area contributed by atoms with Crippen molar-refractivity contribution < 1.29 is 8.42 Å². The zero-order valence-corrected chi connectivity index (χ0v) is 12.8. The number of nitrogens with zero attached hydrogens (tertiary/aromatic N) is 3. The molecule has 0 unspecified atom stereocenters. The third-order valence-electron chi connectivity index (χ3n) is 3.21. The Labute approximate surface area is 124 Å². The van der Waals surface area contributed by atoms with Crippen LogP contribution >= 0.6 is 0 Å². The van der Waals surface area contributed by atoms with Gasteiger partial charge in [-0.25, -0.2) is 13.4 Å². The summed E-state index contributed by atoms with van der Waals surface area (Å²) in [5, 5.41) is 8.73. The number of hydrogen-bond donors (Lipinski definition) is 0. The van der Waals surface area contributed by atoms with Crippen molar-refractivity contribution in [1.29, 1.82) is 5.26 Å². The van der Waals surface area contributed by atoms with Crippen LogP contribution in [-0.2, 0) is 16.4 Å². The molecule has 0 atom stereocenters. The molecule has 0 N–H and O–H groups in total. The van der Waals surface area contributed by atoms with Crippen molar-refractivity contribution in [3.05, 3.63) is 48.0 Å². The van der Waals surface area contributed by atoms with E-state index in [0.717, 1.165) is 5.82 Å². The summed E-state index contributed by atoms with van der Waals surface area (Å²) in [7, 11) is -3.36. The zero-order valence-electron chi connectivity index (χ0n) is 12.0. The van der Waals surface area contributed by atoms with Gasteiger partial charge in [0.2, 0.25) is 0 Å². The first-order chi connectivity index (χ1) is 9.94. The first-order valence-electron chi connectivity index (χ1n) is 6.68. The molecule has 0 bridgehead atoms. The second-order valence-electron chi connectivity index (χ2n) is 5.09. The standard InChI is InChI=1S/C15H17N3O2S/c1-12(2)15-17-7-8-18(15)9-10-21(19,20)14-5-3-13(11-16)4-6-14/h3-8,12H,9-10H2,1-2H3. The van der Waals surface area contributed by atoms with Crippen LogP contribution in [0.4, 0.5) is 0 Å². The number of hydrogen-bond acceptors (Lipinski definition) is 4. The van der Waals surface area contributed by atoms with E-state index in [-0.39, 0.29) is 16.6 Å². The number of aryl methyl sites for hydroxylation is 1. The van der Waals surface area contributed by atoms with Gasteiger partial charge in [0.1, 0.15) is 5.82 Å². The van der Waals surface area contributed by atoms with E-state index in [1.807, 2.05) is 24.5 Å². The summed E-state index contributed by atoms with van der Waals surface area (Å²) < 4.78 is 26.4. The number of aromatic nitrogens is 2. The van der Waals surface area contributed by atoms with Gasteiger partial charge in [-0.1, -0.05) is 13.8 Å². The van der Waals surface area contributed by atoms with Gasteiger partial charge >= 0.3 is 0 Å². The first-order valence-corrected chi connectivity index (χ1v) is 8.33. The second-order valence-corrected chi connectivity index (χ2v) is 7.20. The third-order valence-corrected chi connectivity index (χ3v) is 4.92. The van der Waals surface area contributed by atoms with Crippen LogP contribution in [0.1, 0.15) is 31.2 Å². The minimum absolute atomic E-state index is 0.00891. The van der Waals surface area contributed by atoms with Crippen molar-refractivity contribution in [2.75, 3.05) is 5.75 Å². The molecule has 2 aromatic rings. The van der Waals surface area contributed by atoms with Crippen LogP contribution in [0, 0.1) is 11.3 Å². The van der Waals surface area contributed by atoms with Gasteiger partial charge in [0.15, 0.2) is 9.84 Å². The van der Waals surface area contributed by atoms with E-state index in [9.17, 15) is 8.42 Å². The summed E-state index contributed by atoms with van der Waals surface area (Å²) in [6, 6.07) is 7.96. The number of imidazole rings is 1. The van der Waals surface area contributed by atoms with Crippen LogP contribution in [0.3, 0.4) is 0 Å². The molecule has 2 rings (SSSR count). The SMILES string of the molecule is CC(C)c1nccn1CCS(=O)(=O)c1ccc(C#N)cc1. The fraction of sp³-hybridized carbons (Fsp3) is 0.333. The molecule has 0 fully saturated rings. The summed E-state index contributed by atoms with van der Waals surface area (Å²) in [4.78, 5) is 4.49. The highest BCUT2D eigenvalue weighted by atomic mass is 32.2. The maximum absolute atomic E-state index is 12.3. The number of nitriles is 1. The summed E-state index contributed by atoms with van der Waals surface area (Å²) >= 11 is 0. The molecule has 110 valence electrons. The van der Waals surface area contributed by atoms with E-state index in [2.05, 4.69) is 4.98 Å². The lowest BCUT2D eigenvalue weighted by molar-refractivity contribution is 0.583. The normalized spacial score (nSPS) is 11.5. The van der Waals surface area contributed by atoms with Gasteiger partial charge in [0, 0.05) is 24.9 Å². The molecule has 6 heteroatoms. The summed E-state index contributed by atoms with van der Waals surface area (Å²) in [5.74, 6) is 1.14. The highest BCUT2D eigenvalue weighted by molar-refractivity contribution is 7.91. The zero-order chi connectivity index (χ0) is 15.5. The van der Waals surface area contributed by atoms with E-state index in [4.69, 9.17) is 5.26 Å². The minimum atomic E-state index is -3.36. The average Bonchev–Trinajstić information content (AvgIpc) is 2.94. The Balaban J connectivity index is 2.14. The van der Waals surface area contributed by atoms with Gasteiger partial charge in [-0.2, -0.15) is 5.26 Å². The minimum Gasteiger partial charge on any atom is -0.334 e. The maximum atomic E-state index is 12.3. The Hall–Kier alpha value is -2.13. The Morgan fingerprint density at radius 2 is 1.95 bits per heavy atom. The fourth-order valence-electron chi connectivity index (χ4n) is 2.08. The highest BCUT2D eigenvalue weighted by Gasteiger charge is 2.16. The summed E-state index contributed by atoms with van der Waals surface area (Å²) in [6.45, 7) is 4.41. The smallest absolute Gasteiger partial charge is 0.180 e. The lowest BCUT2D eigenvalue weighted by Crippen LogP contribution is -2.15. The molecule has 0 spiro atoms. The lowest BCUT2D eigenvalue weighted by atomic mass is 10.2. The molecule has 0 aliphatic heterocycles. The van der Waals surface area contributed by atoms with E-state index in [1.54, 1.807) is 12.4 Å². The van der Waals surface area contributed by atoms with Crippen molar-refractivity contribution in [1.82, 2.24) is 9.55 Å². The van der Waals surface area contributed by atoms with E-state index >= 15 is 0 Å². The fourth-order valence-corrected chi connectivity index (χ4v) is 3.31.